The molecule has 0 aliphatic heterocycles. The highest BCUT2D eigenvalue weighted by molar-refractivity contribution is 7.92. The van der Waals surface area contributed by atoms with Crippen molar-refractivity contribution in [2.24, 2.45) is 0 Å². The third kappa shape index (κ3) is 3.28. The van der Waals surface area contributed by atoms with Gasteiger partial charge in [0.1, 0.15) is 5.82 Å². The van der Waals surface area contributed by atoms with Gasteiger partial charge in [0.05, 0.1) is 10.6 Å². The van der Waals surface area contributed by atoms with Crippen molar-refractivity contribution in [2.45, 2.75) is 18.7 Å². The Morgan fingerprint density at radius 2 is 1.86 bits per heavy atom. The molecule has 0 aliphatic rings. The average molecular weight is 329 g/mol. The number of anilines is 2. The first-order valence-electron chi connectivity index (χ1n) is 6.05. The van der Waals surface area contributed by atoms with Crippen molar-refractivity contribution in [3.8, 4) is 0 Å². The number of nitrogens with two attached hydrogens (primary N) is 1. The molecule has 0 aromatic heterocycles. The molecule has 2 aromatic rings. The summed E-state index contributed by atoms with van der Waals surface area (Å²) in [4.78, 5) is -0.0764. The third-order valence-corrected chi connectivity index (χ3v) is 4.73. The van der Waals surface area contributed by atoms with Gasteiger partial charge in [-0.3, -0.25) is 4.72 Å². The second-order valence-electron chi connectivity index (χ2n) is 4.71. The number of halogens is 2. The number of aryl methyl sites for hydroxylation is 1. The van der Waals surface area contributed by atoms with Gasteiger partial charge in [-0.25, -0.2) is 12.8 Å². The molecule has 0 heterocycles. The van der Waals surface area contributed by atoms with Gasteiger partial charge < -0.3 is 5.73 Å². The van der Waals surface area contributed by atoms with Gasteiger partial charge in [-0.15, -0.1) is 0 Å². The highest BCUT2D eigenvalue weighted by Gasteiger charge is 2.20. The van der Waals surface area contributed by atoms with E-state index in [1.165, 1.54) is 24.3 Å². The minimum absolute atomic E-state index is 0.0764. The van der Waals surface area contributed by atoms with Crippen molar-refractivity contribution >= 4 is 33.0 Å². The number of nitrogen functional groups attached to an aromatic ring is 1. The van der Waals surface area contributed by atoms with Crippen molar-refractivity contribution in [1.82, 2.24) is 0 Å². The first-order valence-corrected chi connectivity index (χ1v) is 7.91. The summed E-state index contributed by atoms with van der Waals surface area (Å²) in [5, 5.41) is 0.197. The van der Waals surface area contributed by atoms with Crippen LogP contribution >= 0.6 is 11.6 Å². The highest BCUT2D eigenvalue weighted by atomic mass is 35.5. The first kappa shape index (κ1) is 15.6. The summed E-state index contributed by atoms with van der Waals surface area (Å²) >= 11 is 5.84. The molecule has 0 radical (unpaired) electrons. The van der Waals surface area contributed by atoms with E-state index < -0.39 is 15.8 Å². The van der Waals surface area contributed by atoms with Gasteiger partial charge in [0.15, 0.2) is 0 Å². The van der Waals surface area contributed by atoms with Crippen LogP contribution in [0.15, 0.2) is 35.2 Å². The van der Waals surface area contributed by atoms with E-state index >= 15 is 0 Å². The van der Waals surface area contributed by atoms with Gasteiger partial charge >= 0.3 is 0 Å². The Morgan fingerprint density at radius 3 is 2.48 bits per heavy atom. The van der Waals surface area contributed by atoms with Crippen molar-refractivity contribution < 1.29 is 12.8 Å². The molecule has 7 heteroatoms. The molecule has 0 aliphatic carbocycles. The molecule has 0 saturated heterocycles. The maximum absolute atomic E-state index is 13.8. The minimum atomic E-state index is -3.98. The summed E-state index contributed by atoms with van der Waals surface area (Å²) in [6.45, 7) is 3.27. The van der Waals surface area contributed by atoms with E-state index in [2.05, 4.69) is 4.72 Å². The predicted octanol–water partition coefficient (Wildman–Crippen LogP) is 3.48. The molecule has 21 heavy (non-hydrogen) atoms. The number of hydrogen-bond acceptors (Lipinski definition) is 3. The monoisotopic (exact) mass is 328 g/mol. The normalized spacial score (nSPS) is 11.4. The Balaban J connectivity index is 2.48. The lowest BCUT2D eigenvalue weighted by Crippen LogP contribution is -2.16. The summed E-state index contributed by atoms with van der Waals surface area (Å²) < 4.78 is 40.7. The lowest BCUT2D eigenvalue weighted by Gasteiger charge is -2.13. The third-order valence-electron chi connectivity index (χ3n) is 3.02. The highest BCUT2D eigenvalue weighted by Crippen LogP contribution is 2.28. The van der Waals surface area contributed by atoms with Crippen molar-refractivity contribution in [2.75, 3.05) is 10.5 Å². The maximum Gasteiger partial charge on any atom is 0.262 e. The molecule has 2 aromatic carbocycles. The number of benzene rings is 2. The predicted molar refractivity (Wildman–Crippen MR) is 82.5 cm³/mol. The minimum Gasteiger partial charge on any atom is -0.398 e. The smallest absolute Gasteiger partial charge is 0.262 e. The zero-order valence-corrected chi connectivity index (χ0v) is 13.0. The lowest BCUT2D eigenvalue weighted by molar-refractivity contribution is 0.598. The van der Waals surface area contributed by atoms with Crippen LogP contribution in [0.25, 0.3) is 0 Å². The van der Waals surface area contributed by atoms with Gasteiger partial charge in [-0.1, -0.05) is 17.7 Å². The molecule has 0 unspecified atom stereocenters. The lowest BCUT2D eigenvalue weighted by atomic mass is 10.2. The Kier molecular flexibility index (Phi) is 4.11. The van der Waals surface area contributed by atoms with E-state index in [1.54, 1.807) is 19.9 Å². The average Bonchev–Trinajstić information content (AvgIpc) is 2.37. The number of sulfonamides is 1. The van der Waals surface area contributed by atoms with Crippen LogP contribution in [0.5, 0.6) is 0 Å². The van der Waals surface area contributed by atoms with Crippen LogP contribution in [0.4, 0.5) is 15.8 Å². The zero-order chi connectivity index (χ0) is 15.8. The Labute approximate surface area is 127 Å². The molecule has 4 nitrogen and oxygen atoms in total. The van der Waals surface area contributed by atoms with E-state index in [0.29, 0.717) is 11.1 Å². The van der Waals surface area contributed by atoms with Crippen molar-refractivity contribution in [1.29, 1.82) is 0 Å². The molecule has 2 rings (SSSR count). The van der Waals surface area contributed by atoms with E-state index in [0.717, 1.165) is 0 Å². The number of hydrogen-bond donors (Lipinski definition) is 2. The molecule has 0 amide bonds. The van der Waals surface area contributed by atoms with Crippen molar-refractivity contribution in [3.05, 3.63) is 52.3 Å². The van der Waals surface area contributed by atoms with E-state index in [9.17, 15) is 12.8 Å². The molecule has 3 N–H and O–H groups in total. The fourth-order valence-electron chi connectivity index (χ4n) is 1.86. The van der Waals surface area contributed by atoms with Gasteiger partial charge in [-0.05, 0) is 49.2 Å². The molecular weight excluding hydrogens is 315 g/mol. The molecule has 0 fully saturated rings. The molecular formula is C14H14ClFN2O2S. The zero-order valence-electron chi connectivity index (χ0n) is 11.4. The summed E-state index contributed by atoms with van der Waals surface area (Å²) in [5.74, 6) is -0.647. The molecule has 112 valence electrons. The number of nitrogens with one attached hydrogen (secondary N) is 1. The van der Waals surface area contributed by atoms with Crippen molar-refractivity contribution in [3.63, 3.8) is 0 Å². The molecule has 0 spiro atoms. The van der Waals surface area contributed by atoms with E-state index in [4.69, 9.17) is 17.3 Å². The molecule has 0 bridgehead atoms. The van der Waals surface area contributed by atoms with E-state index in [-0.39, 0.29) is 21.3 Å². The molecule has 0 saturated carbocycles. The summed E-state index contributed by atoms with van der Waals surface area (Å²) in [6.07, 6.45) is 0. The van der Waals surface area contributed by atoms with Crippen LogP contribution in [0.2, 0.25) is 5.02 Å². The topological polar surface area (TPSA) is 72.2 Å². The second-order valence-corrected chi connectivity index (χ2v) is 6.79. The van der Waals surface area contributed by atoms with Crippen LogP contribution in [-0.2, 0) is 10.0 Å². The first-order chi connectivity index (χ1) is 9.70. The summed E-state index contributed by atoms with van der Waals surface area (Å²) in [5.41, 5.74) is 6.89. The largest absolute Gasteiger partial charge is 0.398 e. The quantitative estimate of drug-likeness (QED) is 0.847. The Bertz CT molecular complexity index is 807. The maximum atomic E-state index is 13.8. The molecule has 0 atom stereocenters. The number of rotatable bonds is 3. The van der Waals surface area contributed by atoms with Crippen LogP contribution in [0.1, 0.15) is 11.1 Å². The van der Waals surface area contributed by atoms with Gasteiger partial charge in [0.25, 0.3) is 10.0 Å². The van der Waals surface area contributed by atoms with Gasteiger partial charge in [0.2, 0.25) is 0 Å². The van der Waals surface area contributed by atoms with Crippen LogP contribution < -0.4 is 10.5 Å². The Hall–Kier alpha value is -1.79. The summed E-state index contributed by atoms with van der Waals surface area (Å²) in [7, 11) is -3.98. The van der Waals surface area contributed by atoms with Crippen LogP contribution in [0, 0.1) is 19.7 Å². The van der Waals surface area contributed by atoms with E-state index in [1.807, 2.05) is 0 Å². The van der Waals surface area contributed by atoms with Crippen LogP contribution in [0.3, 0.4) is 0 Å². The van der Waals surface area contributed by atoms with Gasteiger partial charge in [0, 0.05) is 10.7 Å². The second kappa shape index (κ2) is 5.54. The van der Waals surface area contributed by atoms with Gasteiger partial charge in [-0.2, -0.15) is 0 Å². The standard InChI is InChI=1S/C14H14ClFN2O2S/c1-8-3-4-13(11(16)5-8)18-21(19,20)14-7-10(15)6-12(17)9(14)2/h3-7,18H,17H2,1-2H3. The fourth-order valence-corrected chi connectivity index (χ4v) is 3.52. The Morgan fingerprint density at radius 1 is 1.19 bits per heavy atom. The van der Waals surface area contributed by atoms with Crippen LogP contribution in [-0.4, -0.2) is 8.42 Å². The SMILES string of the molecule is Cc1ccc(NS(=O)(=O)c2cc(Cl)cc(N)c2C)c(F)c1. The summed E-state index contributed by atoms with van der Waals surface area (Å²) in [6, 6.07) is 6.96. The fraction of sp³-hybridized carbons (Fsp3) is 0.143.